The summed E-state index contributed by atoms with van der Waals surface area (Å²) in [5.41, 5.74) is 8.29. The van der Waals surface area contributed by atoms with Gasteiger partial charge in [-0.25, -0.2) is 0 Å². The summed E-state index contributed by atoms with van der Waals surface area (Å²) in [5, 5.41) is 9.01. The van der Waals surface area contributed by atoms with Gasteiger partial charge in [0.05, 0.1) is 6.07 Å². The van der Waals surface area contributed by atoms with Gasteiger partial charge >= 0.3 is 0 Å². The molecule has 1 aromatic rings. The zero-order chi connectivity index (χ0) is 15.2. The van der Waals surface area contributed by atoms with E-state index in [1.165, 1.54) is 5.56 Å². The summed E-state index contributed by atoms with van der Waals surface area (Å²) in [4.78, 5) is 13.8. The Balaban J connectivity index is 1.93. The van der Waals surface area contributed by atoms with Crippen molar-refractivity contribution >= 4 is 12.0 Å². The molecule has 0 aliphatic carbocycles. The molecule has 21 heavy (non-hydrogen) atoms. The minimum atomic E-state index is -0.322. The van der Waals surface area contributed by atoms with Crippen LogP contribution in [-0.4, -0.2) is 29.4 Å². The number of hydrogen-bond acceptors (Lipinski definition) is 3. The van der Waals surface area contributed by atoms with E-state index in [1.54, 1.807) is 4.90 Å². The van der Waals surface area contributed by atoms with Crippen molar-refractivity contribution in [1.29, 1.82) is 5.26 Å². The average Bonchev–Trinajstić information content (AvgIpc) is 2.95. The van der Waals surface area contributed by atoms with Crippen LogP contribution in [0, 0.1) is 18.3 Å². The molecule has 2 atom stereocenters. The topological polar surface area (TPSA) is 70.1 Å². The van der Waals surface area contributed by atoms with E-state index in [2.05, 4.69) is 6.07 Å². The Morgan fingerprint density at radius 2 is 2.33 bits per heavy atom. The summed E-state index contributed by atoms with van der Waals surface area (Å²) in [6.07, 6.45) is 5.74. The molecule has 110 valence electrons. The van der Waals surface area contributed by atoms with E-state index >= 15 is 0 Å². The lowest BCUT2D eigenvalue weighted by Crippen LogP contribution is -2.37. The molecule has 0 aromatic heterocycles. The zero-order valence-corrected chi connectivity index (χ0v) is 12.3. The van der Waals surface area contributed by atoms with Crippen LogP contribution in [0.4, 0.5) is 0 Å². The number of carbonyl (C=O) groups excluding carboxylic acids is 1. The molecule has 1 fully saturated rings. The normalized spacial score (nSPS) is 19.7. The molecule has 1 aliphatic rings. The van der Waals surface area contributed by atoms with Gasteiger partial charge < -0.3 is 10.6 Å². The van der Waals surface area contributed by atoms with E-state index in [-0.39, 0.29) is 24.4 Å². The first kappa shape index (κ1) is 15.3. The first-order chi connectivity index (χ1) is 10.1. The number of hydrogen-bond donors (Lipinski definition) is 1. The van der Waals surface area contributed by atoms with E-state index in [4.69, 9.17) is 11.0 Å². The third-order valence-electron chi connectivity index (χ3n) is 3.84. The second-order valence-corrected chi connectivity index (χ2v) is 5.46. The number of rotatable bonds is 4. The molecule has 4 nitrogen and oxygen atoms in total. The number of nitriles is 1. The maximum Gasteiger partial charge on any atom is 0.225 e. The molecule has 1 unspecified atom stereocenters. The molecule has 0 spiro atoms. The smallest absolute Gasteiger partial charge is 0.225 e. The van der Waals surface area contributed by atoms with Crippen LogP contribution >= 0.6 is 0 Å². The van der Waals surface area contributed by atoms with Gasteiger partial charge in [0.2, 0.25) is 5.91 Å². The van der Waals surface area contributed by atoms with Gasteiger partial charge in [-0.2, -0.15) is 5.26 Å². The highest BCUT2D eigenvalue weighted by molar-refractivity contribution is 5.78. The Kier molecular flexibility index (Phi) is 5.13. The lowest BCUT2D eigenvalue weighted by molar-refractivity contribution is -0.131. The van der Waals surface area contributed by atoms with Crippen molar-refractivity contribution in [3.63, 3.8) is 0 Å². The number of amides is 1. The van der Waals surface area contributed by atoms with Gasteiger partial charge in [0.25, 0.3) is 0 Å². The van der Waals surface area contributed by atoms with Crippen LogP contribution in [0.2, 0.25) is 0 Å². The van der Waals surface area contributed by atoms with Crippen LogP contribution in [0.15, 0.2) is 30.3 Å². The maximum absolute atomic E-state index is 12.2. The molecular formula is C17H21N3O. The number of carbonyl (C=O) groups is 1. The second kappa shape index (κ2) is 7.05. The lowest BCUT2D eigenvalue weighted by atomic mass is 10.1. The third kappa shape index (κ3) is 3.93. The molecule has 2 rings (SSSR count). The highest BCUT2D eigenvalue weighted by atomic mass is 16.2. The Labute approximate surface area is 125 Å². The molecule has 1 aromatic carbocycles. The lowest BCUT2D eigenvalue weighted by Gasteiger charge is -2.20. The van der Waals surface area contributed by atoms with Gasteiger partial charge in [-0.1, -0.05) is 36.4 Å². The van der Waals surface area contributed by atoms with Crippen molar-refractivity contribution in [2.75, 3.05) is 6.54 Å². The van der Waals surface area contributed by atoms with Gasteiger partial charge in [-0.3, -0.25) is 4.79 Å². The highest BCUT2D eigenvalue weighted by Crippen LogP contribution is 2.18. The molecule has 1 saturated heterocycles. The Morgan fingerprint density at radius 1 is 1.57 bits per heavy atom. The molecule has 1 amide bonds. The van der Waals surface area contributed by atoms with Crippen molar-refractivity contribution in [2.24, 2.45) is 5.73 Å². The molecular weight excluding hydrogens is 262 g/mol. The molecule has 0 radical (unpaired) electrons. The number of nitrogens with two attached hydrogens (primary N) is 1. The Morgan fingerprint density at radius 3 is 3.05 bits per heavy atom. The summed E-state index contributed by atoms with van der Waals surface area (Å²) in [6, 6.07) is 9.61. The van der Waals surface area contributed by atoms with Crippen molar-refractivity contribution in [1.82, 2.24) is 4.90 Å². The highest BCUT2D eigenvalue weighted by Gasteiger charge is 2.28. The average molecular weight is 283 g/mol. The van der Waals surface area contributed by atoms with Crippen LogP contribution in [-0.2, 0) is 4.79 Å². The van der Waals surface area contributed by atoms with Crippen molar-refractivity contribution in [2.45, 2.75) is 38.3 Å². The molecule has 2 N–H and O–H groups in total. The summed E-state index contributed by atoms with van der Waals surface area (Å²) < 4.78 is 0. The predicted molar refractivity (Wildman–Crippen MR) is 83.2 cm³/mol. The van der Waals surface area contributed by atoms with Gasteiger partial charge in [0.15, 0.2) is 0 Å². The number of benzene rings is 1. The van der Waals surface area contributed by atoms with E-state index in [9.17, 15) is 4.79 Å². The maximum atomic E-state index is 12.2. The summed E-state index contributed by atoms with van der Waals surface area (Å²) in [7, 11) is 0. The number of nitrogens with zero attached hydrogens (tertiary/aromatic N) is 2. The minimum Gasteiger partial charge on any atom is -0.327 e. The number of likely N-dealkylation sites (tertiary alicyclic amines) is 1. The van der Waals surface area contributed by atoms with Crippen LogP contribution in [0.25, 0.3) is 6.08 Å². The van der Waals surface area contributed by atoms with Crippen molar-refractivity contribution in [3.8, 4) is 6.07 Å². The van der Waals surface area contributed by atoms with Crippen molar-refractivity contribution < 1.29 is 4.79 Å². The van der Waals surface area contributed by atoms with Gasteiger partial charge in [0.1, 0.15) is 6.04 Å². The van der Waals surface area contributed by atoms with Crippen LogP contribution < -0.4 is 5.73 Å². The SMILES string of the molecule is Cc1ccccc1C=CC(N)CC(=O)N1CCC[C@H]1C#N. The Hall–Kier alpha value is -2.12. The van der Waals surface area contributed by atoms with Crippen molar-refractivity contribution in [3.05, 3.63) is 41.5 Å². The molecule has 0 saturated carbocycles. The summed E-state index contributed by atoms with van der Waals surface area (Å²) in [5.74, 6) is -0.0269. The monoisotopic (exact) mass is 283 g/mol. The van der Waals surface area contributed by atoms with E-state index in [0.717, 1.165) is 18.4 Å². The standard InChI is InChI=1S/C17H21N3O/c1-13-5-2-3-6-14(13)8-9-15(19)11-17(21)20-10-4-7-16(20)12-18/h2-3,5-6,8-9,15-16H,4,7,10-11,19H2,1H3/t15?,16-/m0/s1. The van der Waals surface area contributed by atoms with Crippen LogP contribution in [0.3, 0.4) is 0 Å². The summed E-state index contributed by atoms with van der Waals surface area (Å²) >= 11 is 0. The molecule has 1 heterocycles. The van der Waals surface area contributed by atoms with E-state index < -0.39 is 0 Å². The predicted octanol–water partition coefficient (Wildman–Crippen LogP) is 2.24. The van der Waals surface area contributed by atoms with E-state index in [0.29, 0.717) is 6.54 Å². The van der Waals surface area contributed by atoms with E-state index in [1.807, 2.05) is 43.3 Å². The molecule has 0 bridgehead atoms. The Bertz CT molecular complexity index is 574. The van der Waals surface area contributed by atoms with Crippen LogP contribution in [0.5, 0.6) is 0 Å². The van der Waals surface area contributed by atoms with Gasteiger partial charge in [-0.05, 0) is 30.9 Å². The third-order valence-corrected chi connectivity index (χ3v) is 3.84. The number of aryl methyl sites for hydroxylation is 1. The fourth-order valence-electron chi connectivity index (χ4n) is 2.59. The zero-order valence-electron chi connectivity index (χ0n) is 12.3. The molecule has 1 aliphatic heterocycles. The largest absolute Gasteiger partial charge is 0.327 e. The first-order valence-electron chi connectivity index (χ1n) is 7.30. The minimum absolute atomic E-state index is 0.0269. The quantitative estimate of drug-likeness (QED) is 0.921. The van der Waals surface area contributed by atoms with Crippen LogP contribution in [0.1, 0.15) is 30.4 Å². The van der Waals surface area contributed by atoms with Gasteiger partial charge in [-0.15, -0.1) is 0 Å². The fraction of sp³-hybridized carbons (Fsp3) is 0.412. The molecule has 4 heteroatoms. The fourth-order valence-corrected chi connectivity index (χ4v) is 2.59. The first-order valence-corrected chi connectivity index (χ1v) is 7.30. The van der Waals surface area contributed by atoms with Gasteiger partial charge in [0, 0.05) is 19.0 Å². The second-order valence-electron chi connectivity index (χ2n) is 5.46. The summed E-state index contributed by atoms with van der Waals surface area (Å²) in [6.45, 7) is 2.71.